The maximum absolute atomic E-state index is 12.4. The molecule has 6 aliphatic carbocycles. The van der Waals surface area contributed by atoms with Crippen molar-refractivity contribution in [3.8, 4) is 0 Å². The molecule has 3 heteroatoms. The van der Waals surface area contributed by atoms with Crippen LogP contribution in [0.4, 0.5) is 0 Å². The van der Waals surface area contributed by atoms with Gasteiger partial charge in [0.05, 0.1) is 11.5 Å². The van der Waals surface area contributed by atoms with Crippen LogP contribution in [0.25, 0.3) is 0 Å². The van der Waals surface area contributed by atoms with Crippen LogP contribution in [0.1, 0.15) is 58.8 Å². The molecule has 0 saturated heterocycles. The highest BCUT2D eigenvalue weighted by Crippen LogP contribution is 2.82. The van der Waals surface area contributed by atoms with Crippen LogP contribution in [-0.4, -0.2) is 28.2 Å². The molecule has 8 unspecified atom stereocenters. The lowest BCUT2D eigenvalue weighted by molar-refractivity contribution is -0.348. The number of hydrogen-bond acceptors (Lipinski definition) is 3. The monoisotopic (exact) mass is 304 g/mol. The smallest absolute Gasteiger partial charge is 0.145 e. The number of aliphatic hydroxyl groups is 2. The molecule has 0 aromatic heterocycles. The second-order valence-corrected chi connectivity index (χ2v) is 9.84. The zero-order chi connectivity index (χ0) is 15.5. The van der Waals surface area contributed by atoms with Crippen molar-refractivity contribution in [2.75, 3.05) is 6.61 Å². The van der Waals surface area contributed by atoms with Gasteiger partial charge in [0.1, 0.15) is 5.78 Å². The lowest BCUT2D eigenvalue weighted by Crippen LogP contribution is -2.86. The normalized spacial score (nSPS) is 65.0. The molecule has 0 aromatic rings. The molecule has 6 aliphatic rings. The van der Waals surface area contributed by atoms with Crippen LogP contribution in [0.2, 0.25) is 0 Å². The Balaban J connectivity index is 1.57. The van der Waals surface area contributed by atoms with E-state index in [1.807, 2.05) is 0 Å². The first-order valence-electron chi connectivity index (χ1n) is 9.19. The lowest BCUT2D eigenvalue weighted by Gasteiger charge is -2.81. The zero-order valence-electron chi connectivity index (χ0n) is 13.8. The fraction of sp³-hybridized carbons (Fsp3) is 0.947. The van der Waals surface area contributed by atoms with E-state index in [0.29, 0.717) is 24.2 Å². The third kappa shape index (κ3) is 1.15. The summed E-state index contributed by atoms with van der Waals surface area (Å²) in [5, 5.41) is 20.8. The van der Waals surface area contributed by atoms with E-state index in [0.717, 1.165) is 32.1 Å². The summed E-state index contributed by atoms with van der Waals surface area (Å²) in [5.41, 5.74) is -0.196. The minimum atomic E-state index is -0.619. The Kier molecular flexibility index (Phi) is 2.31. The van der Waals surface area contributed by atoms with Gasteiger partial charge in [0.25, 0.3) is 0 Å². The average Bonchev–Trinajstić information content (AvgIpc) is 2.45. The van der Waals surface area contributed by atoms with Crippen LogP contribution in [0.15, 0.2) is 0 Å². The predicted molar refractivity (Wildman–Crippen MR) is 82.0 cm³/mol. The molecule has 6 rings (SSSR count). The Morgan fingerprint density at radius 3 is 2.64 bits per heavy atom. The number of Topliss-reactive ketones (excluding diaryl/α,β-unsaturated/α-hetero) is 1. The van der Waals surface area contributed by atoms with Crippen molar-refractivity contribution >= 4 is 5.78 Å². The van der Waals surface area contributed by atoms with Crippen LogP contribution in [0.3, 0.4) is 0 Å². The molecule has 2 N–H and O–H groups in total. The number of carbonyl (C=O) groups is 1. The highest BCUT2D eigenvalue weighted by Gasteiger charge is 2.85. The molecular formula is C19H28O3. The fourth-order valence-electron chi connectivity index (χ4n) is 8.47. The molecule has 6 saturated carbocycles. The molecule has 0 aliphatic heterocycles. The Morgan fingerprint density at radius 2 is 1.95 bits per heavy atom. The number of rotatable bonds is 1. The van der Waals surface area contributed by atoms with Crippen molar-refractivity contribution in [1.29, 1.82) is 0 Å². The van der Waals surface area contributed by atoms with E-state index in [4.69, 9.17) is 0 Å². The Hall–Kier alpha value is -0.410. The van der Waals surface area contributed by atoms with E-state index < -0.39 is 5.60 Å². The van der Waals surface area contributed by atoms with Gasteiger partial charge < -0.3 is 10.2 Å². The SMILES string of the molecule is CC1(CO)CCCC2(C)C1CCC13CC4(O)C(CC21)C(=O)C43. The van der Waals surface area contributed by atoms with Gasteiger partial charge in [-0.3, -0.25) is 4.79 Å². The van der Waals surface area contributed by atoms with Crippen LogP contribution in [0.5, 0.6) is 0 Å². The van der Waals surface area contributed by atoms with Gasteiger partial charge in [-0.1, -0.05) is 20.3 Å². The van der Waals surface area contributed by atoms with Gasteiger partial charge in [0.2, 0.25) is 0 Å². The van der Waals surface area contributed by atoms with Crippen molar-refractivity contribution in [2.45, 2.75) is 64.4 Å². The van der Waals surface area contributed by atoms with E-state index in [-0.39, 0.29) is 28.1 Å². The van der Waals surface area contributed by atoms with Crippen molar-refractivity contribution in [1.82, 2.24) is 0 Å². The van der Waals surface area contributed by atoms with Gasteiger partial charge in [-0.25, -0.2) is 0 Å². The van der Waals surface area contributed by atoms with Gasteiger partial charge in [-0.2, -0.15) is 0 Å². The Bertz CT molecular complexity index is 573. The number of hydrogen-bond donors (Lipinski definition) is 2. The topological polar surface area (TPSA) is 57.5 Å². The molecule has 1 spiro atoms. The van der Waals surface area contributed by atoms with Crippen molar-refractivity contribution in [3.63, 3.8) is 0 Å². The van der Waals surface area contributed by atoms with Gasteiger partial charge in [0, 0.05) is 12.5 Å². The second kappa shape index (κ2) is 3.64. The fourth-order valence-corrected chi connectivity index (χ4v) is 8.47. The van der Waals surface area contributed by atoms with Crippen LogP contribution in [-0.2, 0) is 4.79 Å². The van der Waals surface area contributed by atoms with E-state index in [2.05, 4.69) is 13.8 Å². The highest BCUT2D eigenvalue weighted by molar-refractivity contribution is 5.96. The van der Waals surface area contributed by atoms with E-state index in [1.54, 1.807) is 0 Å². The standard InChI is InChI=1S/C19H28O3/c1-16(10-20)5-3-6-17(2)12(16)4-7-18-9-19(22)11(8-13(17)18)14(21)15(18)19/h11-13,15,20,22H,3-10H2,1-2H3. The van der Waals surface area contributed by atoms with E-state index in [1.165, 1.54) is 12.8 Å². The molecule has 22 heavy (non-hydrogen) atoms. The third-order valence-corrected chi connectivity index (χ3v) is 9.24. The summed E-state index contributed by atoms with van der Waals surface area (Å²) in [7, 11) is 0. The van der Waals surface area contributed by atoms with Gasteiger partial charge in [-0.05, 0) is 66.6 Å². The van der Waals surface area contributed by atoms with Crippen molar-refractivity contribution in [3.05, 3.63) is 0 Å². The molecule has 0 amide bonds. The molecule has 0 aromatic carbocycles. The van der Waals surface area contributed by atoms with Gasteiger partial charge >= 0.3 is 0 Å². The molecular weight excluding hydrogens is 276 g/mol. The minimum absolute atomic E-state index is 0.0381. The number of aliphatic hydroxyl groups excluding tert-OH is 1. The average molecular weight is 304 g/mol. The summed E-state index contributed by atoms with van der Waals surface area (Å²) in [6.07, 6.45) is 7.60. The molecule has 8 atom stereocenters. The van der Waals surface area contributed by atoms with Crippen molar-refractivity contribution < 1.29 is 15.0 Å². The number of ketones is 1. The summed E-state index contributed by atoms with van der Waals surface area (Å²) >= 11 is 0. The predicted octanol–water partition coefficient (Wildman–Crippen LogP) is 2.54. The summed E-state index contributed by atoms with van der Waals surface area (Å²) in [6, 6.07) is 0. The minimum Gasteiger partial charge on any atom is -0.396 e. The molecule has 0 radical (unpaired) electrons. The van der Waals surface area contributed by atoms with Gasteiger partial charge in [-0.15, -0.1) is 0 Å². The van der Waals surface area contributed by atoms with Gasteiger partial charge in [0.15, 0.2) is 0 Å². The third-order valence-electron chi connectivity index (χ3n) is 9.24. The first-order valence-corrected chi connectivity index (χ1v) is 9.19. The first kappa shape index (κ1) is 14.0. The molecule has 6 fully saturated rings. The quantitative estimate of drug-likeness (QED) is 0.783. The Labute approximate surface area is 132 Å². The van der Waals surface area contributed by atoms with Crippen LogP contribution in [0, 0.1) is 39.9 Å². The lowest BCUT2D eigenvalue weighted by atomic mass is 9.23. The molecule has 3 nitrogen and oxygen atoms in total. The maximum Gasteiger partial charge on any atom is 0.145 e. The number of fused-ring (bicyclic) bond motifs is 1. The van der Waals surface area contributed by atoms with E-state index >= 15 is 0 Å². The maximum atomic E-state index is 12.4. The number of carbonyl (C=O) groups excluding carboxylic acids is 1. The summed E-state index contributed by atoms with van der Waals surface area (Å²) in [6.45, 7) is 5.02. The molecule has 0 heterocycles. The largest absolute Gasteiger partial charge is 0.396 e. The highest BCUT2D eigenvalue weighted by atomic mass is 16.3. The molecule has 122 valence electrons. The molecule has 4 bridgehead atoms. The van der Waals surface area contributed by atoms with Crippen LogP contribution < -0.4 is 0 Å². The first-order chi connectivity index (χ1) is 10.3. The van der Waals surface area contributed by atoms with Crippen molar-refractivity contribution in [2.24, 2.45) is 39.9 Å². The van der Waals surface area contributed by atoms with Crippen LogP contribution >= 0.6 is 0 Å². The Morgan fingerprint density at radius 1 is 1.18 bits per heavy atom. The van der Waals surface area contributed by atoms with E-state index in [9.17, 15) is 15.0 Å². The summed E-state index contributed by atoms with van der Waals surface area (Å²) in [5.74, 6) is 1.43. The summed E-state index contributed by atoms with van der Waals surface area (Å²) in [4.78, 5) is 12.4. The summed E-state index contributed by atoms with van der Waals surface area (Å²) < 4.78 is 0. The zero-order valence-corrected chi connectivity index (χ0v) is 13.8. The second-order valence-electron chi connectivity index (χ2n) is 9.84.